The van der Waals surface area contributed by atoms with E-state index in [0.29, 0.717) is 31.9 Å². The van der Waals surface area contributed by atoms with Crippen LogP contribution >= 0.6 is 0 Å². The molecule has 3 aromatic carbocycles. The standard InChI is InChI=1S/C26H24N4O4/c31-25(14-9-20-5-2-1-3-6-20)29-17-15-28(16-18-29)23-12-10-22(11-13-23)27-26(32)21-7-4-8-24(19-21)30(33)34/h1-14,19H,15-18H2,(H,27,32). The molecule has 1 saturated heterocycles. The summed E-state index contributed by atoms with van der Waals surface area (Å²) in [5.41, 5.74) is 2.68. The topological polar surface area (TPSA) is 95.8 Å². The number of piperazine rings is 1. The van der Waals surface area contributed by atoms with Crippen molar-refractivity contribution >= 4 is 35.0 Å². The van der Waals surface area contributed by atoms with Crippen molar-refractivity contribution in [1.82, 2.24) is 4.90 Å². The van der Waals surface area contributed by atoms with E-state index in [1.54, 1.807) is 18.2 Å². The first-order valence-electron chi connectivity index (χ1n) is 10.9. The van der Waals surface area contributed by atoms with Crippen LogP contribution in [-0.2, 0) is 4.79 Å². The average molecular weight is 457 g/mol. The van der Waals surface area contributed by atoms with Crippen molar-refractivity contribution in [2.45, 2.75) is 0 Å². The second-order valence-electron chi connectivity index (χ2n) is 7.86. The molecule has 1 aliphatic heterocycles. The number of rotatable bonds is 6. The molecule has 34 heavy (non-hydrogen) atoms. The average Bonchev–Trinajstić information content (AvgIpc) is 2.88. The van der Waals surface area contributed by atoms with Gasteiger partial charge in [0.15, 0.2) is 0 Å². The van der Waals surface area contributed by atoms with Gasteiger partial charge < -0.3 is 15.1 Å². The zero-order valence-corrected chi connectivity index (χ0v) is 18.5. The molecule has 2 amide bonds. The Bertz CT molecular complexity index is 1200. The third-order valence-electron chi connectivity index (χ3n) is 5.62. The van der Waals surface area contributed by atoms with Gasteiger partial charge in [-0.3, -0.25) is 19.7 Å². The molecule has 1 N–H and O–H groups in total. The normalized spacial score (nSPS) is 13.6. The minimum absolute atomic E-state index is 0.00251. The number of amides is 2. The van der Waals surface area contributed by atoms with Gasteiger partial charge >= 0.3 is 0 Å². The van der Waals surface area contributed by atoms with Crippen molar-refractivity contribution < 1.29 is 14.5 Å². The number of hydrogen-bond donors (Lipinski definition) is 1. The molecule has 0 spiro atoms. The molecule has 0 saturated carbocycles. The van der Waals surface area contributed by atoms with Gasteiger partial charge in [-0.1, -0.05) is 36.4 Å². The SMILES string of the molecule is O=C(Nc1ccc(N2CCN(C(=O)C=Cc3ccccc3)CC2)cc1)c1cccc([N+](=O)[O-])c1. The smallest absolute Gasteiger partial charge is 0.270 e. The second kappa shape index (κ2) is 10.4. The highest BCUT2D eigenvalue weighted by Gasteiger charge is 2.20. The number of non-ortho nitro benzene ring substituents is 1. The summed E-state index contributed by atoms with van der Waals surface area (Å²) in [7, 11) is 0. The summed E-state index contributed by atoms with van der Waals surface area (Å²) < 4.78 is 0. The van der Waals surface area contributed by atoms with Crippen LogP contribution in [0.4, 0.5) is 17.1 Å². The fourth-order valence-electron chi connectivity index (χ4n) is 3.74. The Balaban J connectivity index is 1.30. The van der Waals surface area contributed by atoms with Gasteiger partial charge in [-0.15, -0.1) is 0 Å². The van der Waals surface area contributed by atoms with E-state index in [9.17, 15) is 19.7 Å². The molecular weight excluding hydrogens is 432 g/mol. The molecule has 8 nitrogen and oxygen atoms in total. The molecular formula is C26H24N4O4. The zero-order valence-electron chi connectivity index (χ0n) is 18.5. The van der Waals surface area contributed by atoms with Crippen LogP contribution in [0, 0.1) is 10.1 Å². The zero-order chi connectivity index (χ0) is 23.9. The summed E-state index contributed by atoms with van der Waals surface area (Å²) in [6, 6.07) is 22.8. The number of nitrogens with one attached hydrogen (secondary N) is 1. The molecule has 0 unspecified atom stereocenters. The van der Waals surface area contributed by atoms with Gasteiger partial charge in [-0.2, -0.15) is 0 Å². The number of carbonyl (C=O) groups is 2. The van der Waals surface area contributed by atoms with Gasteiger partial charge in [0.25, 0.3) is 11.6 Å². The van der Waals surface area contributed by atoms with E-state index in [1.165, 1.54) is 24.3 Å². The lowest BCUT2D eigenvalue weighted by Crippen LogP contribution is -2.48. The molecule has 1 heterocycles. The largest absolute Gasteiger partial charge is 0.368 e. The second-order valence-corrected chi connectivity index (χ2v) is 7.86. The van der Waals surface area contributed by atoms with Crippen LogP contribution in [0.5, 0.6) is 0 Å². The lowest BCUT2D eigenvalue weighted by molar-refractivity contribution is -0.384. The van der Waals surface area contributed by atoms with E-state index < -0.39 is 10.8 Å². The summed E-state index contributed by atoms with van der Waals surface area (Å²) in [5.74, 6) is -0.408. The molecule has 0 atom stereocenters. The van der Waals surface area contributed by atoms with E-state index in [0.717, 1.165) is 11.3 Å². The summed E-state index contributed by atoms with van der Waals surface area (Å²) in [6.07, 6.45) is 3.44. The summed E-state index contributed by atoms with van der Waals surface area (Å²) in [6.45, 7) is 2.68. The highest BCUT2D eigenvalue weighted by atomic mass is 16.6. The molecule has 1 aliphatic rings. The van der Waals surface area contributed by atoms with E-state index in [2.05, 4.69) is 10.2 Å². The highest BCUT2D eigenvalue weighted by Crippen LogP contribution is 2.21. The van der Waals surface area contributed by atoms with Crippen LogP contribution in [0.1, 0.15) is 15.9 Å². The number of carbonyl (C=O) groups excluding carboxylic acids is 2. The Morgan fingerprint density at radius 2 is 1.59 bits per heavy atom. The lowest BCUT2D eigenvalue weighted by Gasteiger charge is -2.35. The molecule has 1 fully saturated rings. The van der Waals surface area contributed by atoms with Crippen molar-refractivity contribution in [3.63, 3.8) is 0 Å². The minimum Gasteiger partial charge on any atom is -0.368 e. The Labute approximate surface area is 197 Å². The Morgan fingerprint density at radius 1 is 0.882 bits per heavy atom. The van der Waals surface area contributed by atoms with Crippen LogP contribution < -0.4 is 10.2 Å². The minimum atomic E-state index is -0.529. The lowest BCUT2D eigenvalue weighted by atomic mass is 10.1. The summed E-state index contributed by atoms with van der Waals surface area (Å²) >= 11 is 0. The van der Waals surface area contributed by atoms with E-state index >= 15 is 0 Å². The molecule has 8 heteroatoms. The molecule has 0 radical (unpaired) electrons. The molecule has 4 rings (SSSR count). The van der Waals surface area contributed by atoms with Crippen LogP contribution in [0.25, 0.3) is 6.08 Å². The maximum absolute atomic E-state index is 12.5. The predicted octanol–water partition coefficient (Wildman–Crippen LogP) is 4.21. The van der Waals surface area contributed by atoms with E-state index in [1.807, 2.05) is 53.4 Å². The van der Waals surface area contributed by atoms with Gasteiger partial charge in [0, 0.05) is 61.3 Å². The first kappa shape index (κ1) is 22.7. The number of nitro benzene ring substituents is 1. The fraction of sp³-hybridized carbons (Fsp3) is 0.154. The van der Waals surface area contributed by atoms with Gasteiger partial charge in [0.2, 0.25) is 5.91 Å². The number of hydrogen-bond acceptors (Lipinski definition) is 5. The van der Waals surface area contributed by atoms with Crippen molar-refractivity contribution in [1.29, 1.82) is 0 Å². The maximum atomic E-state index is 12.5. The van der Waals surface area contributed by atoms with E-state index in [4.69, 9.17) is 0 Å². The monoisotopic (exact) mass is 456 g/mol. The fourth-order valence-corrected chi connectivity index (χ4v) is 3.74. The van der Waals surface area contributed by atoms with Crippen molar-refractivity contribution in [2.75, 3.05) is 36.4 Å². The number of nitrogens with zero attached hydrogens (tertiary/aromatic N) is 3. The summed E-state index contributed by atoms with van der Waals surface area (Å²) in [5, 5.41) is 13.7. The quantitative estimate of drug-likeness (QED) is 0.341. The highest BCUT2D eigenvalue weighted by molar-refractivity contribution is 6.04. The first-order chi connectivity index (χ1) is 16.5. The molecule has 3 aromatic rings. The van der Waals surface area contributed by atoms with Gasteiger partial charge in [0.1, 0.15) is 0 Å². The Kier molecular flexibility index (Phi) is 6.98. The van der Waals surface area contributed by atoms with Gasteiger partial charge in [-0.05, 0) is 42.0 Å². The molecule has 0 aliphatic carbocycles. The predicted molar refractivity (Wildman–Crippen MR) is 132 cm³/mol. The maximum Gasteiger partial charge on any atom is 0.270 e. The van der Waals surface area contributed by atoms with Crippen LogP contribution in [0.3, 0.4) is 0 Å². The van der Waals surface area contributed by atoms with Gasteiger partial charge in [-0.25, -0.2) is 0 Å². The van der Waals surface area contributed by atoms with Crippen molar-refractivity contribution in [3.05, 3.63) is 106 Å². The molecule has 172 valence electrons. The Hall–Kier alpha value is -4.46. The third-order valence-corrected chi connectivity index (χ3v) is 5.62. The van der Waals surface area contributed by atoms with Crippen LogP contribution in [0.2, 0.25) is 0 Å². The first-order valence-corrected chi connectivity index (χ1v) is 10.9. The Morgan fingerprint density at radius 3 is 2.26 bits per heavy atom. The van der Waals surface area contributed by atoms with Crippen LogP contribution in [0.15, 0.2) is 84.9 Å². The third kappa shape index (κ3) is 5.66. The number of benzene rings is 3. The number of anilines is 2. The number of nitro groups is 1. The van der Waals surface area contributed by atoms with Crippen LogP contribution in [-0.4, -0.2) is 47.8 Å². The molecule has 0 aromatic heterocycles. The van der Waals surface area contributed by atoms with E-state index in [-0.39, 0.29) is 17.2 Å². The van der Waals surface area contributed by atoms with Crippen molar-refractivity contribution in [2.24, 2.45) is 0 Å². The van der Waals surface area contributed by atoms with Crippen molar-refractivity contribution in [3.8, 4) is 0 Å². The van der Waals surface area contributed by atoms with Gasteiger partial charge in [0.05, 0.1) is 4.92 Å². The molecule has 0 bridgehead atoms. The summed E-state index contributed by atoms with van der Waals surface area (Å²) in [4.78, 5) is 39.3.